The second kappa shape index (κ2) is 15.7. The van der Waals surface area contributed by atoms with Crippen molar-refractivity contribution >= 4 is 43.9 Å². The molecule has 0 aromatic heterocycles. The van der Waals surface area contributed by atoms with Crippen molar-refractivity contribution in [2.45, 2.75) is 0 Å². The van der Waals surface area contributed by atoms with Gasteiger partial charge in [0, 0.05) is 0 Å². The summed E-state index contributed by atoms with van der Waals surface area (Å²) in [5.41, 5.74) is 0. The third kappa shape index (κ3) is 68.5. The molecule has 0 saturated heterocycles. The fraction of sp³-hybridized carbons (Fsp3) is 0. The Morgan fingerprint density at radius 2 is 1.29 bits per heavy atom. The molecule has 0 atom stereocenters. The summed E-state index contributed by atoms with van der Waals surface area (Å²) in [4.78, 5) is 8.33. The molecule has 32 valence electrons. The van der Waals surface area contributed by atoms with Crippen molar-refractivity contribution in [3.63, 3.8) is 0 Å². The van der Waals surface area contributed by atoms with E-state index in [-0.39, 0.29) is 93.8 Å². The van der Waals surface area contributed by atoms with Crippen LogP contribution in [0.25, 0.3) is 0 Å². The number of halogens is 1. The molecule has 0 aliphatic heterocycles. The molecule has 0 aliphatic carbocycles. The van der Waals surface area contributed by atoms with Crippen LogP contribution in [-0.2, 0) is 0 Å². The molecule has 0 rings (SSSR count). The first kappa shape index (κ1) is 23.0. The van der Waals surface area contributed by atoms with E-state index in [1.165, 1.54) is 0 Å². The summed E-state index contributed by atoms with van der Waals surface area (Å²) >= 11 is 0. The molecule has 0 heterocycles. The minimum Gasteiger partial charge on any atom is -1.00 e. The second-order valence-corrected chi connectivity index (χ2v) is 0.250. The molecule has 0 fully saturated rings. The Labute approximate surface area is 112 Å². The van der Waals surface area contributed by atoms with Crippen molar-refractivity contribution in [2.24, 2.45) is 0 Å². The average Bonchev–Trinajstić information content (AvgIpc) is 0.811. The van der Waals surface area contributed by atoms with Crippen LogP contribution in [-0.4, -0.2) is 43.9 Å². The molecule has 0 N–H and O–H groups in total. The minimum absolute atomic E-state index is 0. The molecule has 0 aromatic carbocycles. The standard InChI is InChI=1S/CH2O3.Ca.FH.K/c2-1(3)4;;;/h(H2,2,3,4);;1H;/q;+2;;+1/p-3. The zero-order valence-corrected chi connectivity index (χ0v) is 9.14. The molecular formula is CCaFKO3. The van der Waals surface area contributed by atoms with Gasteiger partial charge in [-0.1, -0.05) is 0 Å². The fourth-order valence-electron chi connectivity index (χ4n) is 0. The van der Waals surface area contributed by atoms with Crippen molar-refractivity contribution in [2.75, 3.05) is 0 Å². The molecule has 0 aliphatic rings. The molecular weight excluding hydrogens is 158 g/mol. The number of carbonyl (C=O) groups is 1. The van der Waals surface area contributed by atoms with E-state index < -0.39 is 6.16 Å². The number of carbonyl (C=O) groups excluding carboxylic acids is 1. The number of hydrogen-bond acceptors (Lipinski definition) is 3. The third-order valence-corrected chi connectivity index (χ3v) is 0. The zero-order chi connectivity index (χ0) is 3.58. The fourth-order valence-corrected chi connectivity index (χ4v) is 0. The molecule has 0 saturated carbocycles. The van der Waals surface area contributed by atoms with E-state index in [0.29, 0.717) is 0 Å². The third-order valence-electron chi connectivity index (χ3n) is 0. The van der Waals surface area contributed by atoms with Crippen LogP contribution in [0.3, 0.4) is 0 Å². The van der Waals surface area contributed by atoms with Crippen LogP contribution in [0.5, 0.6) is 0 Å². The summed E-state index contributed by atoms with van der Waals surface area (Å²) in [6.45, 7) is 0. The second-order valence-electron chi connectivity index (χ2n) is 0.250. The summed E-state index contributed by atoms with van der Waals surface area (Å²) in [7, 11) is 0. The van der Waals surface area contributed by atoms with Gasteiger partial charge in [-0.15, -0.1) is 0 Å². The normalized spacial score (nSPS) is 3.43. The first-order valence-corrected chi connectivity index (χ1v) is 0.612. The van der Waals surface area contributed by atoms with Gasteiger partial charge in [-0.25, -0.2) is 0 Å². The maximum Gasteiger partial charge on any atom is 2.00 e. The molecule has 0 radical (unpaired) electrons. The van der Waals surface area contributed by atoms with Gasteiger partial charge < -0.3 is 19.7 Å². The SMILES string of the molecule is O=C([O-])[O-].[Ca+2].[F-].[K+]. The number of hydrogen-bond donors (Lipinski definition) is 0. The first-order chi connectivity index (χ1) is 1.73. The molecule has 3 nitrogen and oxygen atoms in total. The van der Waals surface area contributed by atoms with Crippen molar-refractivity contribution in [1.82, 2.24) is 0 Å². The van der Waals surface area contributed by atoms with Crippen molar-refractivity contribution in [3.8, 4) is 0 Å². The summed E-state index contributed by atoms with van der Waals surface area (Å²) in [5.74, 6) is 0. The molecule has 7 heavy (non-hydrogen) atoms. The van der Waals surface area contributed by atoms with Crippen LogP contribution in [0.15, 0.2) is 0 Å². The van der Waals surface area contributed by atoms with Crippen molar-refractivity contribution in [3.05, 3.63) is 0 Å². The van der Waals surface area contributed by atoms with Crippen LogP contribution in [0.2, 0.25) is 0 Å². The summed E-state index contributed by atoms with van der Waals surface area (Å²) in [6, 6.07) is 0. The van der Waals surface area contributed by atoms with Gasteiger partial charge in [-0.3, -0.25) is 0 Å². The van der Waals surface area contributed by atoms with Gasteiger partial charge in [-0.2, -0.15) is 0 Å². The molecule has 0 bridgehead atoms. The minimum atomic E-state index is -2.33. The van der Waals surface area contributed by atoms with Crippen molar-refractivity contribution < 1.29 is 71.1 Å². The molecule has 0 spiro atoms. The Hall–Kier alpha value is 2.10. The smallest absolute Gasteiger partial charge is 1.00 e. The van der Waals surface area contributed by atoms with Gasteiger partial charge in [0.2, 0.25) is 0 Å². The average molecular weight is 158 g/mol. The molecule has 0 unspecified atom stereocenters. The first-order valence-electron chi connectivity index (χ1n) is 0.612. The van der Waals surface area contributed by atoms with Gasteiger partial charge in [-0.05, 0) is 6.16 Å². The Balaban J connectivity index is -0.0000000150. The van der Waals surface area contributed by atoms with Crippen LogP contribution >= 0.6 is 0 Å². The summed E-state index contributed by atoms with van der Waals surface area (Å²) < 4.78 is 0. The van der Waals surface area contributed by atoms with E-state index in [1.54, 1.807) is 0 Å². The topological polar surface area (TPSA) is 63.2 Å². The largest absolute Gasteiger partial charge is 2.00 e. The zero-order valence-electron chi connectivity index (χ0n) is 3.81. The maximum absolute atomic E-state index is 8.33. The van der Waals surface area contributed by atoms with E-state index in [2.05, 4.69) is 0 Å². The Kier molecular flexibility index (Phi) is 51.5. The quantitative estimate of drug-likeness (QED) is 0.329. The Bertz CT molecular complexity index is 37.9. The number of carboxylic acid groups (broad SMARTS) is 2. The summed E-state index contributed by atoms with van der Waals surface area (Å²) in [5, 5.41) is 16.7. The predicted molar refractivity (Wildman–Crippen MR) is 11.1 cm³/mol. The van der Waals surface area contributed by atoms with Gasteiger partial charge in [0.25, 0.3) is 0 Å². The van der Waals surface area contributed by atoms with Crippen LogP contribution in [0, 0.1) is 0 Å². The van der Waals surface area contributed by atoms with Gasteiger partial charge in [0.15, 0.2) is 0 Å². The van der Waals surface area contributed by atoms with Crippen LogP contribution < -0.4 is 66.3 Å². The van der Waals surface area contributed by atoms with Crippen molar-refractivity contribution in [1.29, 1.82) is 0 Å². The Morgan fingerprint density at radius 1 is 1.29 bits per heavy atom. The Morgan fingerprint density at radius 3 is 1.29 bits per heavy atom. The predicted octanol–water partition coefficient (Wildman–Crippen LogP) is -8.82. The number of rotatable bonds is 0. The van der Waals surface area contributed by atoms with E-state index in [1.807, 2.05) is 0 Å². The van der Waals surface area contributed by atoms with Gasteiger partial charge in [0.05, 0.1) is 0 Å². The van der Waals surface area contributed by atoms with Gasteiger partial charge >= 0.3 is 89.1 Å². The van der Waals surface area contributed by atoms with Crippen LogP contribution in [0.4, 0.5) is 4.79 Å². The summed E-state index contributed by atoms with van der Waals surface area (Å²) in [6.07, 6.45) is -2.33. The van der Waals surface area contributed by atoms with E-state index in [4.69, 9.17) is 15.0 Å². The van der Waals surface area contributed by atoms with Crippen LogP contribution in [0.1, 0.15) is 0 Å². The maximum atomic E-state index is 8.33. The molecule has 0 aromatic rings. The van der Waals surface area contributed by atoms with E-state index in [9.17, 15) is 0 Å². The van der Waals surface area contributed by atoms with E-state index >= 15 is 0 Å². The molecule has 6 heteroatoms. The monoisotopic (exact) mass is 158 g/mol. The van der Waals surface area contributed by atoms with Gasteiger partial charge in [0.1, 0.15) is 0 Å². The molecule has 0 amide bonds. The van der Waals surface area contributed by atoms with E-state index in [0.717, 1.165) is 0 Å².